The summed E-state index contributed by atoms with van der Waals surface area (Å²) >= 11 is 0. The van der Waals surface area contributed by atoms with Crippen LogP contribution in [0.2, 0.25) is 0 Å². The van der Waals surface area contributed by atoms with E-state index in [1.54, 1.807) is 6.92 Å². The Kier molecular flexibility index (Phi) is 6.03. The Balaban J connectivity index is 2.62. The Hall–Kier alpha value is -2.56. The van der Waals surface area contributed by atoms with Crippen LogP contribution in [-0.4, -0.2) is 51.1 Å². The van der Waals surface area contributed by atoms with Crippen molar-refractivity contribution >= 4 is 12.0 Å². The molecule has 0 aliphatic heterocycles. The lowest BCUT2D eigenvalue weighted by Crippen LogP contribution is -2.49. The average Bonchev–Trinajstić information content (AvgIpc) is 2.91. The van der Waals surface area contributed by atoms with E-state index in [4.69, 9.17) is 10.4 Å². The summed E-state index contributed by atoms with van der Waals surface area (Å²) in [6, 6.07) is 0.415. The van der Waals surface area contributed by atoms with Gasteiger partial charge in [-0.3, -0.25) is 0 Å². The summed E-state index contributed by atoms with van der Waals surface area (Å²) in [6.07, 6.45) is 3.28. The molecule has 3 N–H and O–H groups in total. The Morgan fingerprint density at radius 1 is 1.65 bits per heavy atom. The number of carboxylic acid groups (broad SMARTS) is 1. The van der Waals surface area contributed by atoms with Crippen LogP contribution in [0.5, 0.6) is 0 Å². The summed E-state index contributed by atoms with van der Waals surface area (Å²) in [5.74, 6) is -1.12. The first kappa shape index (κ1) is 15.5. The molecule has 0 aromatic carbocycles. The number of rotatable bonds is 7. The number of carboxylic acids is 1. The molecule has 1 aromatic heterocycles. The summed E-state index contributed by atoms with van der Waals surface area (Å²) in [7, 11) is 0. The second-order valence-corrected chi connectivity index (χ2v) is 4.11. The lowest BCUT2D eigenvalue weighted by molar-refractivity contribution is -0.139. The van der Waals surface area contributed by atoms with Gasteiger partial charge in [0, 0.05) is 31.4 Å². The van der Waals surface area contributed by atoms with Gasteiger partial charge in [0.2, 0.25) is 0 Å². The van der Waals surface area contributed by atoms with Crippen LogP contribution >= 0.6 is 0 Å². The maximum atomic E-state index is 11.9. The van der Waals surface area contributed by atoms with Crippen molar-refractivity contribution in [2.75, 3.05) is 13.1 Å². The molecule has 0 spiro atoms. The number of nitrogens with one attached hydrogen (secondary N) is 2. The zero-order valence-corrected chi connectivity index (χ0v) is 11.2. The van der Waals surface area contributed by atoms with Gasteiger partial charge in [0.15, 0.2) is 0 Å². The van der Waals surface area contributed by atoms with Crippen molar-refractivity contribution in [2.24, 2.45) is 0 Å². The number of carbonyl (C=O) groups excluding carboxylic acids is 1. The van der Waals surface area contributed by atoms with Crippen LogP contribution in [0.25, 0.3) is 0 Å². The van der Waals surface area contributed by atoms with Crippen LogP contribution in [0.15, 0.2) is 12.5 Å². The second kappa shape index (κ2) is 7.78. The molecule has 0 saturated carbocycles. The highest BCUT2D eigenvalue weighted by atomic mass is 16.4. The molecular formula is C12H17N5O3. The molecule has 1 atom stereocenters. The van der Waals surface area contributed by atoms with E-state index in [1.807, 2.05) is 6.07 Å². The van der Waals surface area contributed by atoms with E-state index in [0.29, 0.717) is 12.2 Å². The second-order valence-electron chi connectivity index (χ2n) is 4.11. The standard InChI is InChI=1S/C12H17N5O3/c1-2-17(5-3-4-13)12(20)16-10(11(18)19)6-9-7-14-8-15-9/h7-8,10H,2-3,5-6H2,1H3,(H,14,15)(H,16,20)(H,18,19). The number of aromatic amines is 1. The minimum Gasteiger partial charge on any atom is -0.480 e. The highest BCUT2D eigenvalue weighted by molar-refractivity contribution is 5.82. The third kappa shape index (κ3) is 4.61. The number of nitrogens with zero attached hydrogens (tertiary/aromatic N) is 3. The van der Waals surface area contributed by atoms with Crippen molar-refractivity contribution in [3.8, 4) is 6.07 Å². The lowest BCUT2D eigenvalue weighted by atomic mass is 10.1. The Labute approximate surface area is 116 Å². The molecule has 0 fully saturated rings. The van der Waals surface area contributed by atoms with Crippen molar-refractivity contribution < 1.29 is 14.7 Å². The first-order valence-electron chi connectivity index (χ1n) is 6.21. The largest absolute Gasteiger partial charge is 0.480 e. The summed E-state index contributed by atoms with van der Waals surface area (Å²) in [4.78, 5) is 31.1. The van der Waals surface area contributed by atoms with E-state index < -0.39 is 18.0 Å². The van der Waals surface area contributed by atoms with Crippen LogP contribution in [0, 0.1) is 11.3 Å². The molecule has 0 radical (unpaired) electrons. The van der Waals surface area contributed by atoms with E-state index in [2.05, 4.69) is 15.3 Å². The number of amides is 2. The fraction of sp³-hybridized carbons (Fsp3) is 0.500. The van der Waals surface area contributed by atoms with Gasteiger partial charge in [-0.25, -0.2) is 14.6 Å². The maximum Gasteiger partial charge on any atom is 0.326 e. The number of aliphatic carboxylic acids is 1. The number of aromatic nitrogens is 2. The van der Waals surface area contributed by atoms with E-state index in [0.717, 1.165) is 0 Å². The fourth-order valence-electron chi connectivity index (χ4n) is 1.64. The number of nitriles is 1. The monoisotopic (exact) mass is 279 g/mol. The predicted octanol–water partition coefficient (Wildman–Crippen LogP) is 0.351. The molecular weight excluding hydrogens is 262 g/mol. The number of carbonyl (C=O) groups is 2. The molecule has 1 rings (SSSR count). The molecule has 20 heavy (non-hydrogen) atoms. The minimum absolute atomic E-state index is 0.122. The molecule has 108 valence electrons. The zero-order chi connectivity index (χ0) is 15.0. The molecule has 0 aliphatic rings. The number of hydrogen-bond acceptors (Lipinski definition) is 4. The van der Waals surface area contributed by atoms with Crippen molar-refractivity contribution in [3.63, 3.8) is 0 Å². The van der Waals surface area contributed by atoms with Crippen LogP contribution in [0.4, 0.5) is 4.79 Å². The smallest absolute Gasteiger partial charge is 0.326 e. The normalized spacial score (nSPS) is 11.4. The molecule has 1 aromatic rings. The van der Waals surface area contributed by atoms with E-state index in [9.17, 15) is 9.59 Å². The van der Waals surface area contributed by atoms with Gasteiger partial charge in [0.25, 0.3) is 0 Å². The lowest BCUT2D eigenvalue weighted by Gasteiger charge is -2.22. The molecule has 0 saturated heterocycles. The van der Waals surface area contributed by atoms with E-state index >= 15 is 0 Å². The predicted molar refractivity (Wildman–Crippen MR) is 69.7 cm³/mol. The van der Waals surface area contributed by atoms with Gasteiger partial charge in [-0.15, -0.1) is 0 Å². The minimum atomic E-state index is -1.12. The molecule has 8 heteroatoms. The SMILES string of the molecule is CCN(CCC#N)C(=O)NC(Cc1cnc[nH]1)C(=O)O. The Morgan fingerprint density at radius 3 is 2.90 bits per heavy atom. The summed E-state index contributed by atoms with van der Waals surface area (Å²) < 4.78 is 0. The fourth-order valence-corrected chi connectivity index (χ4v) is 1.64. The highest BCUT2D eigenvalue weighted by Gasteiger charge is 2.23. The first-order chi connectivity index (χ1) is 9.58. The summed E-state index contributed by atoms with van der Waals surface area (Å²) in [5, 5.41) is 20.1. The van der Waals surface area contributed by atoms with Gasteiger partial charge in [0.05, 0.1) is 18.8 Å². The van der Waals surface area contributed by atoms with Crippen LogP contribution in [0.3, 0.4) is 0 Å². The number of H-pyrrole nitrogens is 1. The topological polar surface area (TPSA) is 122 Å². The van der Waals surface area contributed by atoms with Crippen LogP contribution in [0.1, 0.15) is 19.0 Å². The van der Waals surface area contributed by atoms with E-state index in [-0.39, 0.29) is 19.4 Å². The van der Waals surface area contributed by atoms with Gasteiger partial charge in [-0.1, -0.05) is 0 Å². The Morgan fingerprint density at radius 2 is 2.40 bits per heavy atom. The number of imidazole rings is 1. The van der Waals surface area contributed by atoms with Crippen LogP contribution in [-0.2, 0) is 11.2 Å². The quantitative estimate of drug-likeness (QED) is 0.664. The van der Waals surface area contributed by atoms with Crippen LogP contribution < -0.4 is 5.32 Å². The average molecular weight is 279 g/mol. The van der Waals surface area contributed by atoms with Crippen molar-refractivity contribution in [1.82, 2.24) is 20.2 Å². The van der Waals surface area contributed by atoms with Gasteiger partial charge in [-0.05, 0) is 6.92 Å². The number of hydrogen-bond donors (Lipinski definition) is 3. The third-order valence-electron chi connectivity index (χ3n) is 2.74. The van der Waals surface area contributed by atoms with Gasteiger partial charge >= 0.3 is 12.0 Å². The van der Waals surface area contributed by atoms with E-state index in [1.165, 1.54) is 17.4 Å². The zero-order valence-electron chi connectivity index (χ0n) is 11.2. The summed E-state index contributed by atoms with van der Waals surface area (Å²) in [5.41, 5.74) is 0.623. The van der Waals surface area contributed by atoms with Gasteiger partial charge < -0.3 is 20.3 Å². The third-order valence-corrected chi connectivity index (χ3v) is 2.74. The van der Waals surface area contributed by atoms with Crippen molar-refractivity contribution in [3.05, 3.63) is 18.2 Å². The first-order valence-corrected chi connectivity index (χ1v) is 6.21. The molecule has 2 amide bonds. The molecule has 1 unspecified atom stereocenters. The molecule has 8 nitrogen and oxygen atoms in total. The molecule has 1 heterocycles. The highest BCUT2D eigenvalue weighted by Crippen LogP contribution is 2.01. The molecule has 0 bridgehead atoms. The summed E-state index contributed by atoms with van der Waals surface area (Å²) in [6.45, 7) is 2.45. The van der Waals surface area contributed by atoms with Crippen molar-refractivity contribution in [2.45, 2.75) is 25.8 Å². The maximum absolute atomic E-state index is 11.9. The number of urea groups is 1. The molecule has 0 aliphatic carbocycles. The van der Waals surface area contributed by atoms with Crippen molar-refractivity contribution in [1.29, 1.82) is 5.26 Å². The Bertz CT molecular complexity index is 480. The van der Waals surface area contributed by atoms with Gasteiger partial charge in [0.1, 0.15) is 6.04 Å². The van der Waals surface area contributed by atoms with Gasteiger partial charge in [-0.2, -0.15) is 5.26 Å².